The van der Waals surface area contributed by atoms with Crippen molar-refractivity contribution in [3.63, 3.8) is 0 Å². The van der Waals surface area contributed by atoms with Crippen molar-refractivity contribution in [2.75, 3.05) is 12.9 Å². The van der Waals surface area contributed by atoms with E-state index in [2.05, 4.69) is 15.9 Å². The second-order valence-corrected chi connectivity index (χ2v) is 6.46. The van der Waals surface area contributed by atoms with Crippen molar-refractivity contribution >= 4 is 32.5 Å². The molecule has 0 N–H and O–H groups in total. The predicted molar refractivity (Wildman–Crippen MR) is 82.7 cm³/mol. The van der Waals surface area contributed by atoms with E-state index in [0.29, 0.717) is 16.2 Å². The van der Waals surface area contributed by atoms with Gasteiger partial charge in [-0.1, -0.05) is 15.9 Å². The molecule has 5 heteroatoms. The highest BCUT2D eigenvalue weighted by molar-refractivity contribution is 9.10. The minimum atomic E-state index is -1.33. The number of carbonyl (C=O) groups is 1. The van der Waals surface area contributed by atoms with Gasteiger partial charge in [-0.15, -0.1) is 0 Å². The van der Waals surface area contributed by atoms with Crippen LogP contribution in [0.2, 0.25) is 0 Å². The number of hydrogen-bond acceptors (Lipinski definition) is 3. The number of halogens is 1. The predicted octanol–water partition coefficient (Wildman–Crippen LogP) is 3.45. The molecule has 2 aromatic rings. The monoisotopic (exact) mass is 352 g/mol. The quantitative estimate of drug-likeness (QED) is 0.774. The second kappa shape index (κ2) is 6.81. The van der Waals surface area contributed by atoms with E-state index in [0.717, 1.165) is 4.47 Å². The normalized spacial score (nSPS) is 11.9. The number of benzene rings is 2. The molecule has 2 aromatic carbocycles. The Hall–Kier alpha value is -1.46. The van der Waals surface area contributed by atoms with Crippen LogP contribution in [0.5, 0.6) is 5.75 Å². The van der Waals surface area contributed by atoms with Gasteiger partial charge >= 0.3 is 0 Å². The van der Waals surface area contributed by atoms with Crippen molar-refractivity contribution in [2.24, 2.45) is 0 Å². The summed E-state index contributed by atoms with van der Waals surface area (Å²) in [6.07, 6.45) is 0. The first-order valence-corrected chi connectivity index (χ1v) is 8.02. The van der Waals surface area contributed by atoms with E-state index in [9.17, 15) is 9.00 Å². The molecule has 0 spiro atoms. The molecule has 0 aliphatic carbocycles. The molecule has 104 valence electrons. The second-order valence-electron chi connectivity index (χ2n) is 4.10. The molecule has 1 unspecified atom stereocenters. The molecule has 0 saturated heterocycles. The average Bonchev–Trinajstić information content (AvgIpc) is 2.48. The molecule has 0 amide bonds. The van der Waals surface area contributed by atoms with Crippen LogP contribution in [0.15, 0.2) is 57.9 Å². The van der Waals surface area contributed by atoms with Gasteiger partial charge in [0.25, 0.3) is 0 Å². The highest BCUT2D eigenvalue weighted by Gasteiger charge is 2.12. The van der Waals surface area contributed by atoms with Crippen LogP contribution in [-0.4, -0.2) is 22.9 Å². The molecule has 0 aliphatic rings. The van der Waals surface area contributed by atoms with Gasteiger partial charge in [0.15, 0.2) is 5.78 Å². The van der Waals surface area contributed by atoms with Gasteiger partial charge < -0.3 is 4.74 Å². The van der Waals surface area contributed by atoms with Crippen LogP contribution >= 0.6 is 15.9 Å². The molecule has 0 bridgehead atoms. The summed E-state index contributed by atoms with van der Waals surface area (Å²) in [4.78, 5) is 12.7. The molecule has 0 radical (unpaired) electrons. The molecule has 0 fully saturated rings. The highest BCUT2D eigenvalue weighted by atomic mass is 79.9. The van der Waals surface area contributed by atoms with E-state index in [1.807, 2.05) is 12.1 Å². The van der Waals surface area contributed by atoms with Crippen LogP contribution in [0.25, 0.3) is 0 Å². The van der Waals surface area contributed by atoms with Crippen molar-refractivity contribution in [1.29, 1.82) is 0 Å². The first-order valence-electron chi connectivity index (χ1n) is 5.91. The Labute approximate surface area is 128 Å². The van der Waals surface area contributed by atoms with Gasteiger partial charge in [0.1, 0.15) is 5.75 Å². The molecule has 2 rings (SSSR count). The summed E-state index contributed by atoms with van der Waals surface area (Å²) in [7, 11) is 0.238. The zero-order valence-electron chi connectivity index (χ0n) is 10.8. The molecule has 0 aliphatic heterocycles. The van der Waals surface area contributed by atoms with Crippen LogP contribution in [0.4, 0.5) is 0 Å². The van der Waals surface area contributed by atoms with Gasteiger partial charge in [-0.2, -0.15) is 0 Å². The molecule has 0 aromatic heterocycles. The molecule has 1 atom stereocenters. The minimum absolute atomic E-state index is 0.0199. The van der Waals surface area contributed by atoms with Crippen molar-refractivity contribution < 1.29 is 13.7 Å². The van der Waals surface area contributed by atoms with Crippen LogP contribution in [0.3, 0.4) is 0 Å². The van der Waals surface area contributed by atoms with E-state index in [4.69, 9.17) is 4.74 Å². The maximum Gasteiger partial charge on any atom is 0.175 e. The maximum absolute atomic E-state index is 12.1. The van der Waals surface area contributed by atoms with Crippen LogP contribution in [-0.2, 0) is 10.8 Å². The van der Waals surface area contributed by atoms with Gasteiger partial charge in [0.05, 0.1) is 23.7 Å². The molecular formula is C15H13BrO3S. The first kappa shape index (κ1) is 14.9. The fraction of sp³-hybridized carbons (Fsp3) is 0.133. The Bertz CT molecular complexity index is 621. The molecule has 0 heterocycles. The van der Waals surface area contributed by atoms with Crippen molar-refractivity contribution in [2.45, 2.75) is 4.90 Å². The lowest BCUT2D eigenvalue weighted by molar-refractivity contribution is 0.102. The van der Waals surface area contributed by atoms with Gasteiger partial charge in [-0.3, -0.25) is 9.00 Å². The molecule has 3 nitrogen and oxygen atoms in total. The number of ether oxygens (including phenoxy) is 1. The summed E-state index contributed by atoms with van der Waals surface area (Å²) in [5, 5.41) is 0. The summed E-state index contributed by atoms with van der Waals surface area (Å²) < 4.78 is 18.1. The van der Waals surface area contributed by atoms with Gasteiger partial charge in [-0.25, -0.2) is 0 Å². The molecule has 20 heavy (non-hydrogen) atoms. The smallest absolute Gasteiger partial charge is 0.175 e. The number of hydrogen-bond donors (Lipinski definition) is 0. The van der Waals surface area contributed by atoms with E-state index in [1.54, 1.807) is 43.5 Å². The summed E-state index contributed by atoms with van der Waals surface area (Å²) in [5.41, 5.74) is 0.538. The third-order valence-corrected chi connectivity index (χ3v) is 4.60. The Balaban J connectivity index is 2.06. The lowest BCUT2D eigenvalue weighted by atomic mass is 10.1. The standard InChI is InChI=1S/C15H13BrO3S/c1-19-13-6-2-11(3-7-13)15(17)10-20(18)14-8-4-12(16)5-9-14/h2-9H,10H2,1H3. The van der Waals surface area contributed by atoms with Crippen LogP contribution in [0.1, 0.15) is 10.4 Å². The van der Waals surface area contributed by atoms with Crippen molar-refractivity contribution in [3.8, 4) is 5.75 Å². The summed E-state index contributed by atoms with van der Waals surface area (Å²) in [5.74, 6) is 0.526. The van der Waals surface area contributed by atoms with Crippen molar-refractivity contribution in [1.82, 2.24) is 0 Å². The van der Waals surface area contributed by atoms with Gasteiger partial charge in [0, 0.05) is 14.9 Å². The zero-order chi connectivity index (χ0) is 14.5. The highest BCUT2D eigenvalue weighted by Crippen LogP contribution is 2.16. The number of ketones is 1. The van der Waals surface area contributed by atoms with E-state index in [-0.39, 0.29) is 11.5 Å². The van der Waals surface area contributed by atoms with E-state index < -0.39 is 10.8 Å². The maximum atomic E-state index is 12.1. The van der Waals surface area contributed by atoms with Crippen molar-refractivity contribution in [3.05, 3.63) is 58.6 Å². The largest absolute Gasteiger partial charge is 0.497 e. The zero-order valence-corrected chi connectivity index (χ0v) is 13.2. The number of methoxy groups -OCH3 is 1. The Morgan fingerprint density at radius 1 is 1.10 bits per heavy atom. The Morgan fingerprint density at radius 3 is 2.25 bits per heavy atom. The Morgan fingerprint density at radius 2 is 1.70 bits per heavy atom. The molecular weight excluding hydrogens is 340 g/mol. The topological polar surface area (TPSA) is 43.4 Å². The fourth-order valence-corrected chi connectivity index (χ4v) is 2.92. The lowest BCUT2D eigenvalue weighted by Gasteiger charge is -2.04. The summed E-state index contributed by atoms with van der Waals surface area (Å²) in [6, 6.07) is 13.9. The number of rotatable bonds is 5. The third-order valence-electron chi connectivity index (χ3n) is 2.75. The summed E-state index contributed by atoms with van der Waals surface area (Å²) in [6.45, 7) is 0. The van der Waals surface area contributed by atoms with Crippen LogP contribution in [0, 0.1) is 0 Å². The van der Waals surface area contributed by atoms with Crippen LogP contribution < -0.4 is 4.74 Å². The third kappa shape index (κ3) is 3.77. The van der Waals surface area contributed by atoms with E-state index in [1.165, 1.54) is 0 Å². The summed E-state index contributed by atoms with van der Waals surface area (Å²) >= 11 is 3.32. The first-order chi connectivity index (χ1) is 9.60. The van der Waals surface area contributed by atoms with Gasteiger partial charge in [0.2, 0.25) is 0 Å². The van der Waals surface area contributed by atoms with E-state index >= 15 is 0 Å². The lowest BCUT2D eigenvalue weighted by Crippen LogP contribution is -2.11. The fourth-order valence-electron chi connectivity index (χ4n) is 1.65. The van der Waals surface area contributed by atoms with Gasteiger partial charge in [-0.05, 0) is 48.5 Å². The Kier molecular flexibility index (Phi) is 5.09. The number of carbonyl (C=O) groups excluding carboxylic acids is 1. The number of Topliss-reactive ketones (excluding diaryl/α,β-unsaturated/α-hetero) is 1. The average molecular weight is 353 g/mol. The molecule has 0 saturated carbocycles. The minimum Gasteiger partial charge on any atom is -0.497 e. The SMILES string of the molecule is COc1ccc(C(=O)CS(=O)c2ccc(Br)cc2)cc1.